The monoisotopic (exact) mass is 404 g/mol. The Labute approximate surface area is 180 Å². The van der Waals surface area contributed by atoms with Crippen molar-refractivity contribution in [2.24, 2.45) is 0 Å². The average Bonchev–Trinajstić information content (AvgIpc) is 3.37. The molecule has 2 nitrogen and oxygen atoms in total. The van der Waals surface area contributed by atoms with Crippen molar-refractivity contribution >= 4 is 43.9 Å². The van der Waals surface area contributed by atoms with Gasteiger partial charge in [-0.05, 0) is 54.3 Å². The molecule has 0 radical (unpaired) electrons. The molecule has 0 unspecified atom stereocenters. The number of hydrogen-bond donors (Lipinski definition) is 0. The highest BCUT2D eigenvalue weighted by Crippen LogP contribution is 2.37. The maximum absolute atomic E-state index is 6.04. The molecule has 5 rings (SSSR count). The summed E-state index contributed by atoms with van der Waals surface area (Å²) in [5.74, 6) is 0. The normalized spacial score (nSPS) is 10.3. The van der Waals surface area contributed by atoms with E-state index in [2.05, 4.69) is 56.3 Å². The molecule has 3 aromatic carbocycles. The second-order valence-electron chi connectivity index (χ2n) is 6.42. The van der Waals surface area contributed by atoms with Gasteiger partial charge in [-0.1, -0.05) is 67.5 Å². The molecule has 0 spiro atoms. The summed E-state index contributed by atoms with van der Waals surface area (Å²) >= 11 is 0. The first-order valence-electron chi connectivity index (χ1n) is 11.6. The molecule has 0 amide bonds. The number of furan rings is 2. The van der Waals surface area contributed by atoms with Crippen molar-refractivity contribution in [3.8, 4) is 0 Å². The molecule has 160 valence electrons. The summed E-state index contributed by atoms with van der Waals surface area (Å²) in [5.41, 5.74) is 6.31. The molecular weight excluding hydrogens is 368 g/mol. The Morgan fingerprint density at radius 2 is 0.833 bits per heavy atom. The summed E-state index contributed by atoms with van der Waals surface area (Å²) in [6, 6.07) is 17.2. The Bertz CT molecular complexity index is 1130. The Morgan fingerprint density at radius 1 is 0.467 bits per heavy atom. The van der Waals surface area contributed by atoms with Crippen molar-refractivity contribution in [3.05, 3.63) is 59.7 Å². The van der Waals surface area contributed by atoms with Crippen molar-refractivity contribution in [2.75, 3.05) is 0 Å². The fourth-order valence-electron chi connectivity index (χ4n) is 3.58. The number of benzene rings is 3. The van der Waals surface area contributed by atoms with Crippen molar-refractivity contribution in [1.82, 2.24) is 0 Å². The van der Waals surface area contributed by atoms with Crippen LogP contribution in [0.25, 0.3) is 43.9 Å². The van der Waals surface area contributed by atoms with Gasteiger partial charge in [0.1, 0.15) is 22.3 Å². The minimum atomic E-state index is 0.889. The van der Waals surface area contributed by atoms with Gasteiger partial charge >= 0.3 is 0 Å². The topological polar surface area (TPSA) is 26.3 Å². The second-order valence-corrected chi connectivity index (χ2v) is 6.42. The molecule has 0 saturated carbocycles. The van der Waals surface area contributed by atoms with Gasteiger partial charge in [0.15, 0.2) is 0 Å². The predicted octanol–water partition coefficient (Wildman–Crippen LogP) is 9.69. The van der Waals surface area contributed by atoms with E-state index in [-0.39, 0.29) is 0 Å². The zero-order valence-electron chi connectivity index (χ0n) is 19.8. The number of aryl methyl sites for hydroxylation is 2. The van der Waals surface area contributed by atoms with Crippen LogP contribution < -0.4 is 0 Å². The molecular formula is C28H36O2. The number of fused-ring (bicyclic) bond motifs is 6. The highest BCUT2D eigenvalue weighted by Gasteiger charge is 2.13. The van der Waals surface area contributed by atoms with Crippen molar-refractivity contribution in [1.29, 1.82) is 0 Å². The first-order valence-corrected chi connectivity index (χ1v) is 11.6. The summed E-state index contributed by atoms with van der Waals surface area (Å²) in [4.78, 5) is 0. The molecule has 0 saturated heterocycles. The second kappa shape index (κ2) is 10.9. The lowest BCUT2D eigenvalue weighted by molar-refractivity contribution is 0.656. The fourth-order valence-corrected chi connectivity index (χ4v) is 3.58. The third-order valence-corrected chi connectivity index (χ3v) is 5.01. The first kappa shape index (κ1) is 23.5. The quantitative estimate of drug-likeness (QED) is 0.293. The maximum Gasteiger partial charge on any atom is 0.139 e. The van der Waals surface area contributed by atoms with Crippen LogP contribution in [0.5, 0.6) is 0 Å². The van der Waals surface area contributed by atoms with Gasteiger partial charge in [-0.2, -0.15) is 0 Å². The smallest absolute Gasteiger partial charge is 0.139 e. The lowest BCUT2D eigenvalue weighted by atomic mass is 10.0. The molecule has 30 heavy (non-hydrogen) atoms. The summed E-state index contributed by atoms with van der Waals surface area (Å²) in [6.07, 6.45) is 2.05. The largest absolute Gasteiger partial charge is 0.456 e. The van der Waals surface area contributed by atoms with Crippen LogP contribution in [0.15, 0.2) is 57.4 Å². The van der Waals surface area contributed by atoms with Crippen LogP contribution in [-0.4, -0.2) is 0 Å². The average molecular weight is 405 g/mol. The standard InChI is InChI=1S/C22H18O2.3C2H6/c1-3-13-5-7-19-15(9-13)17-11-18-16-10-14(4-2)6-8-20(16)24-22(18)12-21(17)23-19;3*1-2/h5-12H,3-4H2,1-2H3;3*1-2H3. The minimum Gasteiger partial charge on any atom is -0.456 e. The van der Waals surface area contributed by atoms with Crippen LogP contribution in [0.1, 0.15) is 66.5 Å². The Morgan fingerprint density at radius 3 is 1.20 bits per heavy atom. The summed E-state index contributed by atoms with van der Waals surface area (Å²) in [6.45, 7) is 16.4. The van der Waals surface area contributed by atoms with E-state index in [0.29, 0.717) is 0 Å². The summed E-state index contributed by atoms with van der Waals surface area (Å²) in [5, 5.41) is 4.70. The van der Waals surface area contributed by atoms with Crippen LogP contribution in [0.3, 0.4) is 0 Å². The van der Waals surface area contributed by atoms with E-state index in [9.17, 15) is 0 Å². The molecule has 0 atom stereocenters. The Kier molecular flexibility index (Phi) is 8.53. The zero-order chi connectivity index (χ0) is 22.3. The highest BCUT2D eigenvalue weighted by molar-refractivity contribution is 6.15. The Balaban J connectivity index is 0.000000493. The minimum absolute atomic E-state index is 0.889. The molecule has 0 aliphatic rings. The van der Waals surface area contributed by atoms with E-state index in [1.165, 1.54) is 21.9 Å². The van der Waals surface area contributed by atoms with Crippen molar-refractivity contribution in [2.45, 2.75) is 68.2 Å². The molecule has 0 bridgehead atoms. The van der Waals surface area contributed by atoms with Crippen LogP contribution in [0.4, 0.5) is 0 Å². The van der Waals surface area contributed by atoms with Crippen molar-refractivity contribution in [3.63, 3.8) is 0 Å². The molecule has 0 fully saturated rings. The van der Waals surface area contributed by atoms with E-state index in [1.807, 2.05) is 47.6 Å². The zero-order valence-corrected chi connectivity index (χ0v) is 19.8. The molecule has 2 heteroatoms. The van der Waals surface area contributed by atoms with Gasteiger partial charge in [0.2, 0.25) is 0 Å². The lowest BCUT2D eigenvalue weighted by Gasteiger charge is -1.96. The molecule has 5 aromatic rings. The van der Waals surface area contributed by atoms with Crippen molar-refractivity contribution < 1.29 is 8.83 Å². The van der Waals surface area contributed by atoms with Gasteiger partial charge in [-0.3, -0.25) is 0 Å². The van der Waals surface area contributed by atoms with E-state index >= 15 is 0 Å². The highest BCUT2D eigenvalue weighted by atomic mass is 16.3. The lowest BCUT2D eigenvalue weighted by Crippen LogP contribution is -1.78. The molecule has 2 heterocycles. The fraction of sp³-hybridized carbons (Fsp3) is 0.357. The number of rotatable bonds is 2. The van der Waals surface area contributed by atoms with Gasteiger partial charge < -0.3 is 8.83 Å². The van der Waals surface area contributed by atoms with Gasteiger partial charge in [-0.15, -0.1) is 0 Å². The summed E-state index contributed by atoms with van der Waals surface area (Å²) < 4.78 is 12.1. The van der Waals surface area contributed by atoms with Crippen LogP contribution in [0, 0.1) is 0 Å². The number of hydrogen-bond acceptors (Lipinski definition) is 2. The molecule has 0 aliphatic heterocycles. The van der Waals surface area contributed by atoms with Gasteiger partial charge in [0.05, 0.1) is 0 Å². The van der Waals surface area contributed by atoms with E-state index in [1.54, 1.807) is 0 Å². The van der Waals surface area contributed by atoms with Gasteiger partial charge in [0.25, 0.3) is 0 Å². The van der Waals surface area contributed by atoms with E-state index in [0.717, 1.165) is 45.9 Å². The van der Waals surface area contributed by atoms with Gasteiger partial charge in [-0.25, -0.2) is 0 Å². The predicted molar refractivity (Wildman–Crippen MR) is 134 cm³/mol. The Hall–Kier alpha value is -2.74. The van der Waals surface area contributed by atoms with Crippen LogP contribution in [0.2, 0.25) is 0 Å². The third-order valence-electron chi connectivity index (χ3n) is 5.01. The van der Waals surface area contributed by atoms with Crippen LogP contribution >= 0.6 is 0 Å². The van der Waals surface area contributed by atoms with Gasteiger partial charge in [0, 0.05) is 27.6 Å². The first-order chi connectivity index (χ1) is 14.8. The molecule has 0 N–H and O–H groups in total. The molecule has 2 aromatic heterocycles. The third kappa shape index (κ3) is 4.23. The van der Waals surface area contributed by atoms with E-state index in [4.69, 9.17) is 8.83 Å². The van der Waals surface area contributed by atoms with E-state index < -0.39 is 0 Å². The summed E-state index contributed by atoms with van der Waals surface area (Å²) in [7, 11) is 0. The SMILES string of the molecule is CC.CC.CC.CCc1ccc2oc3cc4oc5ccc(CC)cc5c4cc3c2c1. The molecule has 0 aliphatic carbocycles. The maximum atomic E-state index is 6.04. The van der Waals surface area contributed by atoms with Crippen LogP contribution in [-0.2, 0) is 12.8 Å².